The van der Waals surface area contributed by atoms with E-state index in [9.17, 15) is 12.8 Å². The SMILES string of the molecule is CC(NS(=O)(=O)c1ccc(F)cc1N)C1CC2CCC1C2. The van der Waals surface area contributed by atoms with Gasteiger partial charge in [0.25, 0.3) is 0 Å². The molecule has 2 aliphatic rings. The van der Waals surface area contributed by atoms with Crippen molar-refractivity contribution >= 4 is 15.7 Å². The number of fused-ring (bicyclic) bond motifs is 2. The van der Waals surface area contributed by atoms with Gasteiger partial charge in [0, 0.05) is 6.04 Å². The highest BCUT2D eigenvalue weighted by Gasteiger charge is 2.42. The van der Waals surface area contributed by atoms with Crippen LogP contribution in [0, 0.1) is 23.6 Å². The predicted octanol–water partition coefficient (Wildman–Crippen LogP) is 2.51. The van der Waals surface area contributed by atoms with Crippen molar-refractivity contribution in [1.82, 2.24) is 4.72 Å². The van der Waals surface area contributed by atoms with Gasteiger partial charge in [-0.2, -0.15) is 0 Å². The van der Waals surface area contributed by atoms with Crippen molar-refractivity contribution in [3.63, 3.8) is 0 Å². The first-order valence-corrected chi connectivity index (χ1v) is 8.92. The molecule has 0 saturated heterocycles. The van der Waals surface area contributed by atoms with Crippen LogP contribution in [0.3, 0.4) is 0 Å². The summed E-state index contributed by atoms with van der Waals surface area (Å²) in [6.07, 6.45) is 4.83. The number of anilines is 1. The molecule has 0 aromatic heterocycles. The van der Waals surface area contributed by atoms with Gasteiger partial charge in [0.15, 0.2) is 0 Å². The Morgan fingerprint density at radius 1 is 1.33 bits per heavy atom. The van der Waals surface area contributed by atoms with Gasteiger partial charge in [-0.05, 0) is 62.1 Å². The number of sulfonamides is 1. The standard InChI is InChI=1S/C15H21FN2O2S/c1-9(13-7-10-2-3-11(13)6-10)18-21(19,20)15-5-4-12(16)8-14(15)17/h4-5,8-11,13,18H,2-3,6-7,17H2,1H3. The summed E-state index contributed by atoms with van der Waals surface area (Å²) in [5.74, 6) is 1.27. The van der Waals surface area contributed by atoms with Gasteiger partial charge in [-0.1, -0.05) is 6.42 Å². The van der Waals surface area contributed by atoms with Gasteiger partial charge < -0.3 is 5.73 Å². The molecule has 0 heterocycles. The zero-order valence-corrected chi connectivity index (χ0v) is 12.9. The van der Waals surface area contributed by atoms with Gasteiger partial charge in [-0.3, -0.25) is 0 Å². The van der Waals surface area contributed by atoms with Crippen molar-refractivity contribution < 1.29 is 12.8 Å². The minimum absolute atomic E-state index is 0.0427. The van der Waals surface area contributed by atoms with E-state index < -0.39 is 15.8 Å². The van der Waals surface area contributed by atoms with E-state index in [-0.39, 0.29) is 16.6 Å². The molecule has 1 aromatic rings. The first kappa shape index (κ1) is 14.8. The Kier molecular flexibility index (Phi) is 3.69. The maximum absolute atomic E-state index is 13.1. The maximum Gasteiger partial charge on any atom is 0.242 e. The lowest BCUT2D eigenvalue weighted by atomic mass is 9.84. The zero-order valence-electron chi connectivity index (χ0n) is 12.0. The summed E-state index contributed by atoms with van der Waals surface area (Å²) in [6, 6.07) is 3.26. The van der Waals surface area contributed by atoms with E-state index in [1.165, 1.54) is 25.3 Å². The van der Waals surface area contributed by atoms with Crippen LogP contribution in [-0.4, -0.2) is 14.5 Å². The lowest BCUT2D eigenvalue weighted by molar-refractivity contribution is 0.280. The van der Waals surface area contributed by atoms with Crippen LogP contribution in [0.1, 0.15) is 32.6 Å². The third-order valence-electron chi connectivity index (χ3n) is 5.04. The number of nitrogens with one attached hydrogen (secondary N) is 1. The Morgan fingerprint density at radius 2 is 2.10 bits per heavy atom. The Labute approximate surface area is 125 Å². The number of nitrogens with two attached hydrogens (primary N) is 1. The second-order valence-electron chi connectivity index (χ2n) is 6.43. The van der Waals surface area contributed by atoms with E-state index in [1.807, 2.05) is 6.92 Å². The van der Waals surface area contributed by atoms with Gasteiger partial charge in [0.2, 0.25) is 10.0 Å². The highest BCUT2D eigenvalue weighted by atomic mass is 32.2. The molecular weight excluding hydrogens is 291 g/mol. The number of benzene rings is 1. The third kappa shape index (κ3) is 2.79. The Hall–Kier alpha value is -1.14. The summed E-state index contributed by atoms with van der Waals surface area (Å²) in [5, 5.41) is 0. The van der Waals surface area contributed by atoms with Crippen LogP contribution < -0.4 is 10.5 Å². The zero-order chi connectivity index (χ0) is 15.2. The maximum atomic E-state index is 13.1. The van der Waals surface area contributed by atoms with Gasteiger partial charge in [-0.15, -0.1) is 0 Å². The van der Waals surface area contributed by atoms with E-state index in [1.54, 1.807) is 0 Å². The van der Waals surface area contributed by atoms with E-state index in [0.717, 1.165) is 24.5 Å². The van der Waals surface area contributed by atoms with Gasteiger partial charge in [-0.25, -0.2) is 17.5 Å². The average molecular weight is 312 g/mol. The molecule has 2 saturated carbocycles. The molecule has 4 nitrogen and oxygen atoms in total. The van der Waals surface area contributed by atoms with Crippen LogP contribution in [0.5, 0.6) is 0 Å². The van der Waals surface area contributed by atoms with Gasteiger partial charge in [0.05, 0.1) is 5.69 Å². The molecule has 2 fully saturated rings. The Bertz CT molecular complexity index is 647. The molecule has 3 N–H and O–H groups in total. The van der Waals surface area contributed by atoms with Gasteiger partial charge in [0.1, 0.15) is 10.7 Å². The monoisotopic (exact) mass is 312 g/mol. The largest absolute Gasteiger partial charge is 0.398 e. The van der Waals surface area contributed by atoms with Crippen LogP contribution >= 0.6 is 0 Å². The first-order valence-electron chi connectivity index (χ1n) is 7.44. The summed E-state index contributed by atoms with van der Waals surface area (Å²) in [5.41, 5.74) is 5.58. The third-order valence-corrected chi connectivity index (χ3v) is 6.67. The smallest absolute Gasteiger partial charge is 0.242 e. The lowest BCUT2D eigenvalue weighted by Gasteiger charge is -2.28. The molecule has 2 aliphatic carbocycles. The summed E-state index contributed by atoms with van der Waals surface area (Å²) in [7, 11) is -3.70. The van der Waals surface area contributed by atoms with Crippen LogP contribution in [0.25, 0.3) is 0 Å². The minimum atomic E-state index is -3.70. The Morgan fingerprint density at radius 3 is 2.67 bits per heavy atom. The van der Waals surface area contributed by atoms with E-state index in [2.05, 4.69) is 4.72 Å². The number of nitrogen functional groups attached to an aromatic ring is 1. The second kappa shape index (κ2) is 5.25. The highest BCUT2D eigenvalue weighted by molar-refractivity contribution is 7.89. The fourth-order valence-electron chi connectivity index (χ4n) is 4.07. The molecule has 0 spiro atoms. The Balaban J connectivity index is 1.76. The van der Waals surface area contributed by atoms with Crippen LogP contribution in [0.4, 0.5) is 10.1 Å². The fraction of sp³-hybridized carbons (Fsp3) is 0.600. The van der Waals surface area contributed by atoms with Crippen molar-refractivity contribution in [3.05, 3.63) is 24.0 Å². The molecule has 4 atom stereocenters. The number of halogens is 1. The van der Waals surface area contributed by atoms with Crippen molar-refractivity contribution in [2.24, 2.45) is 17.8 Å². The molecule has 3 rings (SSSR count). The quantitative estimate of drug-likeness (QED) is 0.839. The highest BCUT2D eigenvalue weighted by Crippen LogP contribution is 2.49. The molecule has 21 heavy (non-hydrogen) atoms. The summed E-state index contributed by atoms with van der Waals surface area (Å²) in [6.45, 7) is 1.92. The molecule has 116 valence electrons. The average Bonchev–Trinajstić information content (AvgIpc) is 2.99. The predicted molar refractivity (Wildman–Crippen MR) is 79.5 cm³/mol. The molecule has 2 bridgehead atoms. The van der Waals surface area contributed by atoms with Gasteiger partial charge >= 0.3 is 0 Å². The number of hydrogen-bond acceptors (Lipinski definition) is 3. The van der Waals surface area contributed by atoms with Crippen molar-refractivity contribution in [3.8, 4) is 0 Å². The fourth-order valence-corrected chi connectivity index (χ4v) is 5.47. The molecule has 0 aliphatic heterocycles. The van der Waals surface area contributed by atoms with Crippen molar-refractivity contribution in [2.45, 2.75) is 43.5 Å². The van der Waals surface area contributed by atoms with Crippen LogP contribution in [-0.2, 0) is 10.0 Å². The van der Waals surface area contributed by atoms with E-state index in [4.69, 9.17) is 5.73 Å². The van der Waals surface area contributed by atoms with Crippen LogP contribution in [0.15, 0.2) is 23.1 Å². The van der Waals surface area contributed by atoms with E-state index in [0.29, 0.717) is 11.8 Å². The molecule has 0 radical (unpaired) electrons. The normalized spacial score (nSPS) is 29.7. The summed E-state index contributed by atoms with van der Waals surface area (Å²) in [4.78, 5) is -0.0427. The topological polar surface area (TPSA) is 72.2 Å². The van der Waals surface area contributed by atoms with Crippen molar-refractivity contribution in [2.75, 3.05) is 5.73 Å². The molecular formula is C15H21FN2O2S. The molecule has 1 aromatic carbocycles. The van der Waals surface area contributed by atoms with E-state index >= 15 is 0 Å². The molecule has 6 heteroatoms. The molecule has 4 unspecified atom stereocenters. The summed E-state index contributed by atoms with van der Waals surface area (Å²) >= 11 is 0. The van der Waals surface area contributed by atoms with Crippen LogP contribution in [0.2, 0.25) is 0 Å². The molecule has 0 amide bonds. The number of hydrogen-bond donors (Lipinski definition) is 2. The lowest BCUT2D eigenvalue weighted by Crippen LogP contribution is -2.40. The minimum Gasteiger partial charge on any atom is -0.398 e. The number of rotatable bonds is 4. The second-order valence-corrected chi connectivity index (χ2v) is 8.11. The first-order chi connectivity index (χ1) is 9.87. The summed E-state index contributed by atoms with van der Waals surface area (Å²) < 4.78 is 40.6. The van der Waals surface area contributed by atoms with Crippen molar-refractivity contribution in [1.29, 1.82) is 0 Å².